The van der Waals surface area contributed by atoms with Gasteiger partial charge in [0.1, 0.15) is 11.3 Å². The summed E-state index contributed by atoms with van der Waals surface area (Å²) in [6.07, 6.45) is -2.37. The quantitative estimate of drug-likeness (QED) is 0.422. The van der Waals surface area contributed by atoms with E-state index < -0.39 is 23.4 Å². The number of nitrogens with zero attached hydrogens (tertiary/aromatic N) is 5. The molecule has 9 nitrogen and oxygen atoms in total. The van der Waals surface area contributed by atoms with Crippen LogP contribution in [0, 0.1) is 0 Å². The number of benzene rings is 2. The van der Waals surface area contributed by atoms with Gasteiger partial charge in [0, 0.05) is 5.56 Å². The Kier molecular flexibility index (Phi) is 5.97. The Morgan fingerprint density at radius 1 is 1.12 bits per heavy atom. The van der Waals surface area contributed by atoms with Crippen molar-refractivity contribution < 1.29 is 32.5 Å². The van der Waals surface area contributed by atoms with E-state index in [4.69, 9.17) is 9.47 Å². The molecule has 176 valence electrons. The summed E-state index contributed by atoms with van der Waals surface area (Å²) >= 11 is 0. The van der Waals surface area contributed by atoms with E-state index in [-0.39, 0.29) is 23.8 Å². The minimum atomic E-state index is -4.83. The third-order valence-corrected chi connectivity index (χ3v) is 4.86. The van der Waals surface area contributed by atoms with Gasteiger partial charge in [0.05, 0.1) is 37.5 Å². The number of phenols is 1. The predicted octanol–water partition coefficient (Wildman–Crippen LogP) is 4.03. The zero-order chi connectivity index (χ0) is 24.5. The summed E-state index contributed by atoms with van der Waals surface area (Å²) in [6.45, 7) is 1.44. The van der Waals surface area contributed by atoms with E-state index in [1.54, 1.807) is 18.3 Å². The molecule has 0 saturated carbocycles. The molecule has 34 heavy (non-hydrogen) atoms. The fraction of sp³-hybridized carbons (Fsp3) is 0.182. The highest BCUT2D eigenvalue weighted by Crippen LogP contribution is 2.34. The predicted molar refractivity (Wildman–Crippen MR) is 113 cm³/mol. The van der Waals surface area contributed by atoms with Gasteiger partial charge in [-0.15, -0.1) is 5.10 Å². The van der Waals surface area contributed by atoms with Gasteiger partial charge >= 0.3 is 12.1 Å². The molecule has 4 rings (SSSR count). The first-order valence-electron chi connectivity index (χ1n) is 9.95. The third-order valence-electron chi connectivity index (χ3n) is 4.86. The number of carbonyl (C=O) groups is 1. The van der Waals surface area contributed by atoms with Crippen molar-refractivity contribution in [1.82, 2.24) is 24.8 Å². The molecule has 0 amide bonds. The smallest absolute Gasteiger partial charge is 0.434 e. The number of hydrogen-bond donors (Lipinski definition) is 1. The monoisotopic (exact) mass is 473 g/mol. The molecule has 0 fully saturated rings. The molecule has 0 aliphatic rings. The number of alkyl halides is 3. The summed E-state index contributed by atoms with van der Waals surface area (Å²) in [5.74, 6) is -0.839. The molecule has 2 heterocycles. The van der Waals surface area contributed by atoms with Crippen LogP contribution in [0.2, 0.25) is 0 Å². The number of hydrogen-bond acceptors (Lipinski definition) is 7. The van der Waals surface area contributed by atoms with Crippen LogP contribution in [-0.4, -0.2) is 49.6 Å². The van der Waals surface area contributed by atoms with E-state index >= 15 is 0 Å². The van der Waals surface area contributed by atoms with Crippen molar-refractivity contribution in [2.24, 2.45) is 0 Å². The number of carbonyl (C=O) groups excluding carboxylic acids is 1. The molecule has 0 aliphatic heterocycles. The SMILES string of the molecule is CCOC(=O)c1cnn(-c2ccc(-n3cc(-c4ccc(O)c(OC)c4)nn3)cc2)c1C(F)(F)F. The van der Waals surface area contributed by atoms with Gasteiger partial charge in [-0.05, 0) is 49.4 Å². The van der Waals surface area contributed by atoms with Gasteiger partial charge < -0.3 is 14.6 Å². The van der Waals surface area contributed by atoms with E-state index in [9.17, 15) is 23.1 Å². The highest BCUT2D eigenvalue weighted by atomic mass is 19.4. The summed E-state index contributed by atoms with van der Waals surface area (Å²) < 4.78 is 53.0. The van der Waals surface area contributed by atoms with Crippen LogP contribution >= 0.6 is 0 Å². The summed E-state index contributed by atoms with van der Waals surface area (Å²) in [5.41, 5.74) is -0.121. The number of ether oxygens (including phenoxy) is 2. The van der Waals surface area contributed by atoms with E-state index in [1.807, 2.05) is 0 Å². The maximum absolute atomic E-state index is 13.7. The molecule has 4 aromatic rings. The van der Waals surface area contributed by atoms with E-state index in [2.05, 4.69) is 15.4 Å². The zero-order valence-corrected chi connectivity index (χ0v) is 17.9. The van der Waals surface area contributed by atoms with Crippen LogP contribution in [0.15, 0.2) is 54.9 Å². The highest BCUT2D eigenvalue weighted by molar-refractivity contribution is 5.90. The average molecular weight is 473 g/mol. The van der Waals surface area contributed by atoms with Gasteiger partial charge in [0.15, 0.2) is 17.2 Å². The Morgan fingerprint density at radius 2 is 1.82 bits per heavy atom. The Labute approximate surface area is 191 Å². The molecular formula is C22H18F3N5O4. The number of methoxy groups -OCH3 is 1. The van der Waals surface area contributed by atoms with E-state index in [0.717, 1.165) is 6.20 Å². The first-order chi connectivity index (χ1) is 16.2. The van der Waals surface area contributed by atoms with Gasteiger partial charge in [-0.2, -0.15) is 18.3 Å². The molecule has 0 spiro atoms. The zero-order valence-electron chi connectivity index (χ0n) is 17.9. The first kappa shape index (κ1) is 22.8. The van der Waals surface area contributed by atoms with Crippen LogP contribution in [-0.2, 0) is 10.9 Å². The average Bonchev–Trinajstić information content (AvgIpc) is 3.48. The Balaban J connectivity index is 1.65. The molecule has 2 aromatic heterocycles. The lowest BCUT2D eigenvalue weighted by molar-refractivity contribution is -0.143. The summed E-state index contributed by atoms with van der Waals surface area (Å²) in [7, 11) is 1.43. The maximum Gasteiger partial charge on any atom is 0.434 e. The normalized spacial score (nSPS) is 11.4. The molecule has 0 bridgehead atoms. The van der Waals surface area contributed by atoms with Crippen LogP contribution in [0.1, 0.15) is 23.0 Å². The van der Waals surface area contributed by atoms with Crippen LogP contribution in [0.4, 0.5) is 13.2 Å². The highest BCUT2D eigenvalue weighted by Gasteiger charge is 2.41. The molecule has 1 N–H and O–H groups in total. The van der Waals surface area contributed by atoms with Crippen molar-refractivity contribution in [3.05, 3.63) is 66.1 Å². The lowest BCUT2D eigenvalue weighted by Gasteiger charge is -2.12. The molecule has 0 aliphatic carbocycles. The van der Waals surface area contributed by atoms with Crippen molar-refractivity contribution in [1.29, 1.82) is 0 Å². The fourth-order valence-electron chi connectivity index (χ4n) is 3.28. The van der Waals surface area contributed by atoms with Crippen molar-refractivity contribution in [2.45, 2.75) is 13.1 Å². The molecule has 12 heteroatoms. The van der Waals surface area contributed by atoms with Crippen LogP contribution in [0.3, 0.4) is 0 Å². The Morgan fingerprint density at radius 3 is 2.47 bits per heavy atom. The lowest BCUT2D eigenvalue weighted by atomic mass is 10.1. The molecule has 0 atom stereocenters. The topological polar surface area (TPSA) is 104 Å². The van der Waals surface area contributed by atoms with Crippen LogP contribution in [0.25, 0.3) is 22.6 Å². The standard InChI is InChI=1S/C22H18F3N5O4/c1-3-34-21(32)16-11-26-30(20(16)22(23,24)25)15-7-5-14(6-8-15)29-12-17(27-28-29)13-4-9-18(31)19(10-13)33-2/h4-12,31H,3H2,1-2H3. The van der Waals surface area contributed by atoms with Crippen molar-refractivity contribution in [3.8, 4) is 34.1 Å². The molecule has 0 unspecified atom stereocenters. The van der Waals surface area contributed by atoms with Gasteiger partial charge in [-0.1, -0.05) is 5.21 Å². The molecule has 2 aromatic carbocycles. The second-order valence-corrected chi connectivity index (χ2v) is 6.99. The van der Waals surface area contributed by atoms with Crippen LogP contribution < -0.4 is 4.74 Å². The summed E-state index contributed by atoms with van der Waals surface area (Å²) in [6, 6.07) is 10.6. The number of aromatic hydroxyl groups is 1. The minimum absolute atomic E-state index is 0.0165. The van der Waals surface area contributed by atoms with Crippen molar-refractivity contribution >= 4 is 5.97 Å². The van der Waals surface area contributed by atoms with E-state index in [0.29, 0.717) is 21.6 Å². The second kappa shape index (κ2) is 8.89. The van der Waals surface area contributed by atoms with Crippen molar-refractivity contribution in [2.75, 3.05) is 13.7 Å². The van der Waals surface area contributed by atoms with Crippen LogP contribution in [0.5, 0.6) is 11.5 Å². The number of rotatable bonds is 6. The summed E-state index contributed by atoms with van der Waals surface area (Å²) in [4.78, 5) is 12.0. The van der Waals surface area contributed by atoms with Crippen molar-refractivity contribution in [3.63, 3.8) is 0 Å². The molecule has 0 radical (unpaired) electrons. The van der Waals surface area contributed by atoms with Gasteiger partial charge in [-0.3, -0.25) is 0 Å². The first-order valence-corrected chi connectivity index (χ1v) is 9.95. The van der Waals surface area contributed by atoms with E-state index in [1.165, 1.54) is 49.0 Å². The number of aromatic nitrogens is 5. The second-order valence-electron chi connectivity index (χ2n) is 6.99. The fourth-order valence-corrected chi connectivity index (χ4v) is 3.28. The minimum Gasteiger partial charge on any atom is -0.504 e. The Bertz CT molecular complexity index is 1330. The number of esters is 1. The lowest BCUT2D eigenvalue weighted by Crippen LogP contribution is -2.18. The number of phenolic OH excluding ortho intramolecular Hbond substituents is 1. The molecule has 0 saturated heterocycles. The largest absolute Gasteiger partial charge is 0.504 e. The summed E-state index contributed by atoms with van der Waals surface area (Å²) in [5, 5.41) is 21.6. The maximum atomic E-state index is 13.7. The Hall–Kier alpha value is -4.35. The third kappa shape index (κ3) is 4.29. The molecular weight excluding hydrogens is 455 g/mol. The van der Waals surface area contributed by atoms with Gasteiger partial charge in [0.2, 0.25) is 0 Å². The van der Waals surface area contributed by atoms with Gasteiger partial charge in [0.25, 0.3) is 0 Å². The van der Waals surface area contributed by atoms with Gasteiger partial charge in [-0.25, -0.2) is 14.2 Å². The number of halogens is 3.